The van der Waals surface area contributed by atoms with Gasteiger partial charge < -0.3 is 19.7 Å². The smallest absolute Gasteiger partial charge is 0.193 e. The van der Waals surface area contributed by atoms with Gasteiger partial charge in [-0.25, -0.2) is 0 Å². The molecule has 2 aliphatic rings. The number of guanidine groups is 1. The fourth-order valence-corrected chi connectivity index (χ4v) is 3.75. The number of ether oxygens (including phenoxy) is 2. The Labute approximate surface area is 161 Å². The van der Waals surface area contributed by atoms with Crippen molar-refractivity contribution in [3.8, 4) is 0 Å². The van der Waals surface area contributed by atoms with Gasteiger partial charge in [0, 0.05) is 43.7 Å². The molecule has 2 aliphatic heterocycles. The first-order valence-corrected chi connectivity index (χ1v) is 9.82. The molecule has 1 aromatic carbocycles. The zero-order chi connectivity index (χ0) is 18.6. The predicted octanol–water partition coefficient (Wildman–Crippen LogP) is 3.07. The molecule has 2 atom stereocenters. The summed E-state index contributed by atoms with van der Waals surface area (Å²) in [6.07, 6.45) is 2.58. The third kappa shape index (κ3) is 4.70. The number of nitrogens with zero attached hydrogens (tertiary/aromatic N) is 2. The minimum absolute atomic E-state index is 0.0270. The fourth-order valence-electron chi connectivity index (χ4n) is 3.62. The zero-order valence-electron chi connectivity index (χ0n) is 16.0. The monoisotopic (exact) mass is 379 g/mol. The van der Waals surface area contributed by atoms with Crippen LogP contribution in [0.25, 0.3) is 0 Å². The van der Waals surface area contributed by atoms with Crippen molar-refractivity contribution in [2.24, 2.45) is 4.99 Å². The molecular formula is C20H30ClN3O2. The highest BCUT2D eigenvalue weighted by molar-refractivity contribution is 6.30. The molecule has 2 fully saturated rings. The Bertz CT molecular complexity index is 612. The molecule has 0 saturated carbocycles. The van der Waals surface area contributed by atoms with E-state index >= 15 is 0 Å². The molecule has 0 radical (unpaired) electrons. The van der Waals surface area contributed by atoms with Gasteiger partial charge in [0.2, 0.25) is 0 Å². The molecule has 2 unspecified atom stereocenters. The third-order valence-corrected chi connectivity index (χ3v) is 5.55. The van der Waals surface area contributed by atoms with Crippen molar-refractivity contribution in [3.63, 3.8) is 0 Å². The summed E-state index contributed by atoms with van der Waals surface area (Å²) < 4.78 is 11.8. The summed E-state index contributed by atoms with van der Waals surface area (Å²) >= 11 is 6.02. The molecule has 26 heavy (non-hydrogen) atoms. The second-order valence-electron chi connectivity index (χ2n) is 7.70. The van der Waals surface area contributed by atoms with E-state index in [1.54, 1.807) is 0 Å². The van der Waals surface area contributed by atoms with Crippen molar-refractivity contribution in [2.45, 2.75) is 44.3 Å². The summed E-state index contributed by atoms with van der Waals surface area (Å²) in [5.74, 6) is 0.929. The summed E-state index contributed by atoms with van der Waals surface area (Å²) in [6, 6.07) is 8.08. The van der Waals surface area contributed by atoms with Crippen LogP contribution in [0.5, 0.6) is 0 Å². The van der Waals surface area contributed by atoms with Crippen LogP contribution in [0.3, 0.4) is 0 Å². The van der Waals surface area contributed by atoms with E-state index in [-0.39, 0.29) is 17.6 Å². The summed E-state index contributed by atoms with van der Waals surface area (Å²) in [5, 5.41) is 4.32. The fraction of sp³-hybridized carbons (Fsp3) is 0.650. The van der Waals surface area contributed by atoms with E-state index in [9.17, 15) is 0 Å². The highest BCUT2D eigenvalue weighted by Gasteiger charge is 2.32. The van der Waals surface area contributed by atoms with E-state index in [0.29, 0.717) is 6.61 Å². The number of halogens is 1. The van der Waals surface area contributed by atoms with E-state index < -0.39 is 0 Å². The van der Waals surface area contributed by atoms with Crippen molar-refractivity contribution in [1.82, 2.24) is 10.2 Å². The SMILES string of the molecule is CN=C(NCC(C)(C)c1ccc(Cl)cc1)N1CCOC(C2CCCO2)C1. The van der Waals surface area contributed by atoms with Crippen LogP contribution < -0.4 is 5.32 Å². The summed E-state index contributed by atoms with van der Waals surface area (Å²) in [5.41, 5.74) is 1.23. The zero-order valence-corrected chi connectivity index (χ0v) is 16.8. The molecule has 0 aromatic heterocycles. The number of benzene rings is 1. The second-order valence-corrected chi connectivity index (χ2v) is 8.13. The lowest BCUT2D eigenvalue weighted by atomic mass is 9.84. The van der Waals surface area contributed by atoms with Gasteiger partial charge in [-0.1, -0.05) is 37.6 Å². The lowest BCUT2D eigenvalue weighted by molar-refractivity contribution is -0.0817. The van der Waals surface area contributed by atoms with E-state index in [2.05, 4.69) is 41.2 Å². The van der Waals surface area contributed by atoms with Crippen LogP contribution in [0.2, 0.25) is 5.02 Å². The number of rotatable bonds is 4. The lowest BCUT2D eigenvalue weighted by Crippen LogP contribution is -2.54. The van der Waals surface area contributed by atoms with Crippen LogP contribution in [0.15, 0.2) is 29.3 Å². The first-order chi connectivity index (χ1) is 12.5. The van der Waals surface area contributed by atoms with Crippen molar-refractivity contribution in [2.75, 3.05) is 39.9 Å². The average molecular weight is 380 g/mol. The standard InChI is InChI=1S/C20H30ClN3O2/c1-20(2,15-6-8-16(21)9-7-15)14-23-19(22-3)24-10-12-26-18(13-24)17-5-4-11-25-17/h6-9,17-18H,4-5,10-14H2,1-3H3,(H,22,23). The molecule has 0 bridgehead atoms. The van der Waals surface area contributed by atoms with Crippen molar-refractivity contribution < 1.29 is 9.47 Å². The van der Waals surface area contributed by atoms with Crippen LogP contribution >= 0.6 is 11.6 Å². The van der Waals surface area contributed by atoms with E-state index in [1.165, 1.54) is 5.56 Å². The maximum atomic E-state index is 6.02. The van der Waals surface area contributed by atoms with Crippen LogP contribution in [0.4, 0.5) is 0 Å². The number of hydrogen-bond acceptors (Lipinski definition) is 3. The van der Waals surface area contributed by atoms with Crippen LogP contribution in [0.1, 0.15) is 32.3 Å². The topological polar surface area (TPSA) is 46.1 Å². The van der Waals surface area contributed by atoms with Gasteiger partial charge in [0.05, 0.1) is 12.7 Å². The molecule has 0 aliphatic carbocycles. The van der Waals surface area contributed by atoms with Crippen LogP contribution in [-0.4, -0.2) is 63.0 Å². The van der Waals surface area contributed by atoms with Crippen molar-refractivity contribution in [3.05, 3.63) is 34.9 Å². The highest BCUT2D eigenvalue weighted by atomic mass is 35.5. The molecule has 5 nitrogen and oxygen atoms in total. The molecule has 0 amide bonds. The van der Waals surface area contributed by atoms with Gasteiger partial charge in [-0.2, -0.15) is 0 Å². The molecular weight excluding hydrogens is 350 g/mol. The Hall–Kier alpha value is -1.30. The minimum Gasteiger partial charge on any atom is -0.375 e. The van der Waals surface area contributed by atoms with Gasteiger partial charge in [0.15, 0.2) is 5.96 Å². The van der Waals surface area contributed by atoms with E-state index in [4.69, 9.17) is 21.1 Å². The maximum Gasteiger partial charge on any atom is 0.193 e. The van der Waals surface area contributed by atoms with Gasteiger partial charge in [-0.15, -0.1) is 0 Å². The summed E-state index contributed by atoms with van der Waals surface area (Å²) in [7, 11) is 1.84. The number of aliphatic imine (C=N–C) groups is 1. The molecule has 0 spiro atoms. The van der Waals surface area contributed by atoms with Gasteiger partial charge in [0.25, 0.3) is 0 Å². The van der Waals surface area contributed by atoms with Crippen LogP contribution in [0, 0.1) is 0 Å². The summed E-state index contributed by atoms with van der Waals surface area (Å²) in [6.45, 7) is 8.49. The number of morpholine rings is 1. The molecule has 2 heterocycles. The van der Waals surface area contributed by atoms with Crippen LogP contribution in [-0.2, 0) is 14.9 Å². The molecule has 1 N–H and O–H groups in total. The Balaban J connectivity index is 1.59. The molecule has 1 aromatic rings. The Morgan fingerprint density at radius 1 is 1.23 bits per heavy atom. The molecule has 2 saturated heterocycles. The second kappa shape index (κ2) is 8.59. The first kappa shape index (κ1) is 19.5. The predicted molar refractivity (Wildman–Crippen MR) is 106 cm³/mol. The minimum atomic E-state index is -0.0270. The largest absolute Gasteiger partial charge is 0.375 e. The quantitative estimate of drug-likeness (QED) is 0.645. The normalized spacial score (nSPS) is 24.8. The van der Waals surface area contributed by atoms with Gasteiger partial charge in [0.1, 0.15) is 6.10 Å². The van der Waals surface area contributed by atoms with Crippen molar-refractivity contribution >= 4 is 17.6 Å². The average Bonchev–Trinajstić information content (AvgIpc) is 3.17. The summed E-state index contributed by atoms with van der Waals surface area (Å²) in [4.78, 5) is 6.78. The molecule has 3 rings (SSSR count). The number of hydrogen-bond donors (Lipinski definition) is 1. The Morgan fingerprint density at radius 3 is 2.62 bits per heavy atom. The maximum absolute atomic E-state index is 6.02. The van der Waals surface area contributed by atoms with E-state index in [0.717, 1.165) is 50.1 Å². The molecule has 144 valence electrons. The Morgan fingerprint density at radius 2 is 1.96 bits per heavy atom. The molecule has 6 heteroatoms. The first-order valence-electron chi connectivity index (χ1n) is 9.44. The number of nitrogens with one attached hydrogen (secondary N) is 1. The van der Waals surface area contributed by atoms with Crippen molar-refractivity contribution in [1.29, 1.82) is 0 Å². The third-order valence-electron chi connectivity index (χ3n) is 5.30. The lowest BCUT2D eigenvalue weighted by Gasteiger charge is -2.38. The van der Waals surface area contributed by atoms with Gasteiger partial charge in [-0.05, 0) is 30.5 Å². The highest BCUT2D eigenvalue weighted by Crippen LogP contribution is 2.24. The Kier molecular flexibility index (Phi) is 6.43. The van der Waals surface area contributed by atoms with Gasteiger partial charge in [-0.3, -0.25) is 4.99 Å². The van der Waals surface area contributed by atoms with Gasteiger partial charge >= 0.3 is 0 Å². The van der Waals surface area contributed by atoms with E-state index in [1.807, 2.05) is 19.2 Å².